The fraction of sp³-hybridized carbons (Fsp3) is 0.800. The molecule has 3 aliphatic rings. The van der Waals surface area contributed by atoms with Gasteiger partial charge in [-0.1, -0.05) is 0 Å². The van der Waals surface area contributed by atoms with Crippen molar-refractivity contribution in [2.45, 2.75) is 31.7 Å². The van der Waals surface area contributed by atoms with Crippen molar-refractivity contribution in [3.8, 4) is 0 Å². The van der Waals surface area contributed by atoms with Crippen LogP contribution in [0.15, 0.2) is 0 Å². The van der Waals surface area contributed by atoms with E-state index in [1.165, 1.54) is 0 Å². The second-order valence-corrected chi connectivity index (χ2v) is 4.56. The molecule has 1 aliphatic carbocycles. The molecule has 2 heterocycles. The van der Waals surface area contributed by atoms with Crippen LogP contribution in [0.4, 0.5) is 4.79 Å². The van der Waals surface area contributed by atoms with Gasteiger partial charge in [-0.3, -0.25) is 10.1 Å². The lowest BCUT2D eigenvalue weighted by Gasteiger charge is -2.35. The molecular weight excluding hydrogens is 180 g/mol. The molecule has 3 fully saturated rings. The predicted octanol–water partition coefficient (Wildman–Crippen LogP) is 0.727. The van der Waals surface area contributed by atoms with E-state index in [0.29, 0.717) is 5.92 Å². The van der Waals surface area contributed by atoms with Gasteiger partial charge in [-0.25, -0.2) is 4.79 Å². The summed E-state index contributed by atoms with van der Waals surface area (Å²) >= 11 is 0. The summed E-state index contributed by atoms with van der Waals surface area (Å²) in [6.45, 7) is 0.826. The molecule has 0 bridgehead atoms. The minimum atomic E-state index is -0.172. The second-order valence-electron chi connectivity index (χ2n) is 4.56. The Labute approximate surface area is 82.6 Å². The maximum atomic E-state index is 11.7. The average molecular weight is 194 g/mol. The van der Waals surface area contributed by atoms with Crippen LogP contribution in [0, 0.1) is 11.8 Å². The number of urea groups is 1. The zero-order valence-corrected chi connectivity index (χ0v) is 8.03. The third-order valence-corrected chi connectivity index (χ3v) is 3.64. The number of hydrogen-bond acceptors (Lipinski definition) is 2. The second kappa shape index (κ2) is 2.72. The number of fused-ring (bicyclic) bond motifs is 1. The van der Waals surface area contributed by atoms with Crippen LogP contribution in [0.5, 0.6) is 0 Å². The quantitative estimate of drug-likeness (QED) is 0.669. The Morgan fingerprint density at radius 2 is 2.00 bits per heavy atom. The molecule has 3 rings (SSSR count). The van der Waals surface area contributed by atoms with Crippen molar-refractivity contribution in [1.29, 1.82) is 0 Å². The van der Waals surface area contributed by atoms with E-state index in [-0.39, 0.29) is 23.9 Å². The summed E-state index contributed by atoms with van der Waals surface area (Å²) in [5.41, 5.74) is 0. The summed E-state index contributed by atoms with van der Waals surface area (Å²) in [5, 5.41) is 2.47. The summed E-state index contributed by atoms with van der Waals surface area (Å²) in [6, 6.07) is 0.0400. The van der Waals surface area contributed by atoms with E-state index in [4.69, 9.17) is 0 Å². The van der Waals surface area contributed by atoms with Gasteiger partial charge in [0.25, 0.3) is 0 Å². The van der Waals surface area contributed by atoms with Gasteiger partial charge in [0.05, 0.1) is 5.92 Å². The molecule has 0 aromatic carbocycles. The Balaban J connectivity index is 1.88. The van der Waals surface area contributed by atoms with Crippen LogP contribution in [0.3, 0.4) is 0 Å². The summed E-state index contributed by atoms with van der Waals surface area (Å²) < 4.78 is 0. The highest BCUT2D eigenvalue weighted by Crippen LogP contribution is 2.43. The molecule has 4 heteroatoms. The van der Waals surface area contributed by atoms with Gasteiger partial charge >= 0.3 is 6.03 Å². The lowest BCUT2D eigenvalue weighted by atomic mass is 9.90. The van der Waals surface area contributed by atoms with Crippen molar-refractivity contribution in [2.24, 2.45) is 11.8 Å². The number of carbonyl (C=O) groups excluding carboxylic acids is 2. The standard InChI is InChI=1S/C10H14N2O2/c13-9-8(6-3-4-6)7-2-1-5-12(7)10(14)11-9/h6-8H,1-5H2,(H,11,13,14)/t7-,8-/m1/s1. The average Bonchev–Trinajstić information content (AvgIpc) is 2.81. The topological polar surface area (TPSA) is 49.4 Å². The molecule has 1 saturated carbocycles. The highest BCUT2D eigenvalue weighted by atomic mass is 16.2. The van der Waals surface area contributed by atoms with E-state index >= 15 is 0 Å². The smallest absolute Gasteiger partial charge is 0.321 e. The minimum Gasteiger partial charge on any atom is -0.321 e. The fourth-order valence-corrected chi connectivity index (χ4v) is 2.84. The van der Waals surface area contributed by atoms with Crippen LogP contribution in [0.25, 0.3) is 0 Å². The van der Waals surface area contributed by atoms with Gasteiger partial charge in [0.15, 0.2) is 0 Å². The molecule has 76 valence electrons. The molecular formula is C10H14N2O2. The van der Waals surface area contributed by atoms with Gasteiger partial charge in [0.1, 0.15) is 0 Å². The Hall–Kier alpha value is -1.06. The molecule has 1 N–H and O–H groups in total. The molecule has 0 aromatic rings. The molecule has 0 aromatic heterocycles. The zero-order valence-electron chi connectivity index (χ0n) is 8.03. The molecule has 2 saturated heterocycles. The van der Waals surface area contributed by atoms with Crippen molar-refractivity contribution in [2.75, 3.05) is 6.54 Å². The lowest BCUT2D eigenvalue weighted by Crippen LogP contribution is -2.58. The molecule has 0 radical (unpaired) electrons. The maximum Gasteiger partial charge on any atom is 0.324 e. The largest absolute Gasteiger partial charge is 0.324 e. The number of rotatable bonds is 1. The normalized spacial score (nSPS) is 37.0. The van der Waals surface area contributed by atoms with Crippen LogP contribution >= 0.6 is 0 Å². The van der Waals surface area contributed by atoms with Crippen molar-refractivity contribution in [3.05, 3.63) is 0 Å². The fourth-order valence-electron chi connectivity index (χ4n) is 2.84. The first-order valence-electron chi connectivity index (χ1n) is 5.39. The molecule has 0 unspecified atom stereocenters. The first kappa shape index (κ1) is 8.26. The lowest BCUT2D eigenvalue weighted by molar-refractivity contribution is -0.128. The highest BCUT2D eigenvalue weighted by molar-refractivity contribution is 5.99. The van der Waals surface area contributed by atoms with E-state index < -0.39 is 0 Å². The molecule has 3 amide bonds. The van der Waals surface area contributed by atoms with E-state index in [0.717, 1.165) is 32.2 Å². The van der Waals surface area contributed by atoms with Crippen LogP contribution in [0.2, 0.25) is 0 Å². The van der Waals surface area contributed by atoms with E-state index in [9.17, 15) is 9.59 Å². The molecule has 2 atom stereocenters. The van der Waals surface area contributed by atoms with Gasteiger partial charge in [-0.05, 0) is 31.6 Å². The van der Waals surface area contributed by atoms with Gasteiger partial charge in [-0.15, -0.1) is 0 Å². The van der Waals surface area contributed by atoms with Crippen LogP contribution in [-0.2, 0) is 4.79 Å². The van der Waals surface area contributed by atoms with Crippen LogP contribution in [-0.4, -0.2) is 29.4 Å². The Morgan fingerprint density at radius 1 is 1.21 bits per heavy atom. The first-order valence-corrected chi connectivity index (χ1v) is 5.39. The number of amides is 3. The summed E-state index contributed by atoms with van der Waals surface area (Å²) in [7, 11) is 0. The Kier molecular flexibility index (Phi) is 1.60. The van der Waals surface area contributed by atoms with Crippen molar-refractivity contribution in [1.82, 2.24) is 10.2 Å². The van der Waals surface area contributed by atoms with Crippen LogP contribution in [0.1, 0.15) is 25.7 Å². The first-order chi connectivity index (χ1) is 6.77. The number of imide groups is 1. The van der Waals surface area contributed by atoms with Gasteiger partial charge in [-0.2, -0.15) is 0 Å². The zero-order chi connectivity index (χ0) is 9.71. The third-order valence-electron chi connectivity index (χ3n) is 3.64. The SMILES string of the molecule is O=C1NC(=O)N2CCC[C@@H]2[C@H]1C1CC1. The molecule has 4 nitrogen and oxygen atoms in total. The molecule has 14 heavy (non-hydrogen) atoms. The van der Waals surface area contributed by atoms with Crippen LogP contribution < -0.4 is 5.32 Å². The number of nitrogens with zero attached hydrogens (tertiary/aromatic N) is 1. The van der Waals surface area contributed by atoms with Gasteiger partial charge < -0.3 is 4.90 Å². The number of hydrogen-bond donors (Lipinski definition) is 1. The van der Waals surface area contributed by atoms with E-state index in [1.807, 2.05) is 4.90 Å². The van der Waals surface area contributed by atoms with Crippen molar-refractivity contribution >= 4 is 11.9 Å². The van der Waals surface area contributed by atoms with E-state index in [1.54, 1.807) is 0 Å². The highest BCUT2D eigenvalue weighted by Gasteiger charge is 2.49. The Morgan fingerprint density at radius 3 is 2.71 bits per heavy atom. The molecule has 2 aliphatic heterocycles. The summed E-state index contributed by atoms with van der Waals surface area (Å²) in [6.07, 6.45) is 4.39. The van der Waals surface area contributed by atoms with Crippen molar-refractivity contribution < 1.29 is 9.59 Å². The number of carbonyl (C=O) groups is 2. The maximum absolute atomic E-state index is 11.7. The monoisotopic (exact) mass is 194 g/mol. The predicted molar refractivity (Wildman–Crippen MR) is 49.5 cm³/mol. The Bertz CT molecular complexity index is 298. The van der Waals surface area contributed by atoms with E-state index in [2.05, 4.69) is 5.32 Å². The van der Waals surface area contributed by atoms with Crippen molar-refractivity contribution in [3.63, 3.8) is 0 Å². The number of nitrogens with one attached hydrogen (secondary N) is 1. The summed E-state index contributed by atoms with van der Waals surface area (Å²) in [5.74, 6) is 0.615. The minimum absolute atomic E-state index is 0.0272. The molecule has 0 spiro atoms. The van der Waals surface area contributed by atoms with Gasteiger partial charge in [0, 0.05) is 12.6 Å². The summed E-state index contributed by atoms with van der Waals surface area (Å²) in [4.78, 5) is 25.0. The third kappa shape index (κ3) is 1.06. The van der Waals surface area contributed by atoms with Gasteiger partial charge in [0.2, 0.25) is 5.91 Å².